The first kappa shape index (κ1) is 34.1. The average molecular weight is 632 g/mol. The lowest BCUT2D eigenvalue weighted by atomic mass is 9.91. The van der Waals surface area contributed by atoms with E-state index in [4.69, 9.17) is 13.9 Å². The highest BCUT2D eigenvalue weighted by Gasteiger charge is 2.33. The molecule has 2 aliphatic heterocycles. The number of rotatable bonds is 11. The molecule has 1 fully saturated rings. The number of carboxylic acid groups (broad SMARTS) is 1. The van der Waals surface area contributed by atoms with Crippen LogP contribution in [0.1, 0.15) is 56.3 Å². The van der Waals surface area contributed by atoms with Crippen LogP contribution in [0, 0.1) is 0 Å². The molecular formula is C35H39N2O9-. The van der Waals surface area contributed by atoms with Crippen molar-refractivity contribution in [1.82, 2.24) is 10.6 Å². The second kappa shape index (κ2) is 16.0. The molecule has 46 heavy (non-hydrogen) atoms. The van der Waals surface area contributed by atoms with Gasteiger partial charge in [-0.3, -0.25) is 14.4 Å². The molecule has 0 aromatic heterocycles. The standard InChI is InChI=1S/C20H12O5.C15H28N2O4/c21-11-5-7-15-17(9-11)25-18-10-12(22)6-8-16(18)19(15)13-3-1-2-4-14(13)20(23)24;1-11-9-13(14(21-11)10-20-3)17-15(19)7-5-4-6-8-16-12(2)18/h1-10,21H,(H,23,24);11,13-14H,4-10H2,1-3H3,(H,16,18)(H,17,19)/p-1/t;11-,13-,14+/m.0/s1. The van der Waals surface area contributed by atoms with Crippen LogP contribution in [-0.2, 0) is 19.1 Å². The Morgan fingerprint density at radius 1 is 1.02 bits per heavy atom. The van der Waals surface area contributed by atoms with Crippen molar-refractivity contribution in [2.24, 2.45) is 0 Å². The van der Waals surface area contributed by atoms with Gasteiger partial charge in [0, 0.05) is 49.6 Å². The predicted molar refractivity (Wildman–Crippen MR) is 171 cm³/mol. The minimum atomic E-state index is -1.06. The molecule has 2 heterocycles. The number of aromatic carboxylic acids is 1. The molecule has 11 nitrogen and oxygen atoms in total. The number of fused-ring (bicyclic) bond motifs is 2. The summed E-state index contributed by atoms with van der Waals surface area (Å²) in [5, 5.41) is 27.6. The Morgan fingerprint density at radius 3 is 2.54 bits per heavy atom. The largest absolute Gasteiger partial charge is 0.872 e. The predicted octanol–water partition coefficient (Wildman–Crippen LogP) is 4.33. The zero-order valence-electron chi connectivity index (χ0n) is 26.2. The summed E-state index contributed by atoms with van der Waals surface area (Å²) in [4.78, 5) is 46.0. The van der Waals surface area contributed by atoms with Crippen LogP contribution in [0.15, 0.2) is 69.9 Å². The molecule has 0 unspecified atom stereocenters. The van der Waals surface area contributed by atoms with Crippen LogP contribution in [0.25, 0.3) is 33.4 Å². The minimum Gasteiger partial charge on any atom is -0.872 e. The second-order valence-electron chi connectivity index (χ2n) is 11.3. The number of hydrogen-bond donors (Lipinski definition) is 3. The molecule has 5 rings (SSSR count). The van der Waals surface area contributed by atoms with Crippen LogP contribution in [0.5, 0.6) is 5.75 Å². The monoisotopic (exact) mass is 631 g/mol. The Morgan fingerprint density at radius 2 is 1.80 bits per heavy atom. The number of carbonyl (C=O) groups excluding carboxylic acids is 2. The topological polar surface area (TPSA) is 167 Å². The van der Waals surface area contributed by atoms with Crippen molar-refractivity contribution < 1.29 is 38.5 Å². The first-order chi connectivity index (χ1) is 22.1. The number of carboxylic acids is 1. The minimum absolute atomic E-state index is 0.00715. The van der Waals surface area contributed by atoms with Gasteiger partial charge in [-0.2, -0.15) is 0 Å². The number of carbonyl (C=O) groups is 3. The van der Waals surface area contributed by atoms with Crippen molar-refractivity contribution in [3.05, 3.63) is 76.5 Å². The average Bonchev–Trinajstić information content (AvgIpc) is 3.35. The van der Waals surface area contributed by atoms with Gasteiger partial charge in [-0.15, -0.1) is 5.75 Å². The fraction of sp³-hybridized carbons (Fsp3) is 0.371. The molecule has 3 aliphatic rings. The first-order valence-electron chi connectivity index (χ1n) is 15.3. The lowest BCUT2D eigenvalue weighted by Gasteiger charge is -2.19. The maximum Gasteiger partial charge on any atom is 0.336 e. The summed E-state index contributed by atoms with van der Waals surface area (Å²) in [7, 11) is 1.64. The van der Waals surface area contributed by atoms with E-state index in [0.29, 0.717) is 53.0 Å². The number of unbranched alkanes of at least 4 members (excludes halogenated alkanes) is 2. The molecule has 11 heteroatoms. The fourth-order valence-corrected chi connectivity index (χ4v) is 5.59. The van der Waals surface area contributed by atoms with Gasteiger partial charge in [0.1, 0.15) is 17.4 Å². The molecule has 244 valence electrons. The number of nitrogens with one attached hydrogen (secondary N) is 2. The van der Waals surface area contributed by atoms with Crippen LogP contribution in [-0.4, -0.2) is 61.4 Å². The van der Waals surface area contributed by atoms with E-state index >= 15 is 0 Å². The number of ether oxygens (including phenoxy) is 2. The third-order valence-corrected chi connectivity index (χ3v) is 7.67. The molecule has 0 radical (unpaired) electrons. The normalized spacial score (nSPS) is 17.3. The van der Waals surface area contributed by atoms with E-state index in [-0.39, 0.29) is 46.8 Å². The first-order valence-corrected chi connectivity index (χ1v) is 15.3. The van der Waals surface area contributed by atoms with Gasteiger partial charge in [-0.05, 0) is 56.0 Å². The van der Waals surface area contributed by atoms with E-state index < -0.39 is 5.97 Å². The molecule has 2 aromatic rings. The van der Waals surface area contributed by atoms with Crippen LogP contribution < -0.4 is 21.2 Å². The van der Waals surface area contributed by atoms with Gasteiger partial charge >= 0.3 is 5.97 Å². The summed E-state index contributed by atoms with van der Waals surface area (Å²) in [6.07, 6.45) is 4.15. The van der Waals surface area contributed by atoms with E-state index in [1.54, 1.807) is 37.4 Å². The summed E-state index contributed by atoms with van der Waals surface area (Å²) in [6.45, 7) is 4.71. The van der Waals surface area contributed by atoms with Crippen molar-refractivity contribution >= 4 is 28.8 Å². The number of benzene rings is 3. The Balaban J connectivity index is 0.000000213. The maximum absolute atomic E-state index is 11.9. The molecule has 3 N–H and O–H groups in total. The number of methoxy groups -OCH3 is 1. The van der Waals surface area contributed by atoms with E-state index in [1.807, 2.05) is 6.92 Å². The van der Waals surface area contributed by atoms with E-state index in [0.717, 1.165) is 25.7 Å². The summed E-state index contributed by atoms with van der Waals surface area (Å²) in [5.41, 5.74) is 1.94. The van der Waals surface area contributed by atoms with Crippen LogP contribution >= 0.6 is 0 Å². The van der Waals surface area contributed by atoms with Gasteiger partial charge < -0.3 is 34.7 Å². The summed E-state index contributed by atoms with van der Waals surface area (Å²) < 4.78 is 16.6. The molecule has 3 atom stereocenters. The van der Waals surface area contributed by atoms with E-state index in [2.05, 4.69) is 10.6 Å². The Labute approximate surface area is 266 Å². The van der Waals surface area contributed by atoms with Crippen molar-refractivity contribution in [3.8, 4) is 28.2 Å². The van der Waals surface area contributed by atoms with Crippen molar-refractivity contribution in [1.29, 1.82) is 0 Å². The van der Waals surface area contributed by atoms with Crippen molar-refractivity contribution in [2.75, 3.05) is 20.3 Å². The van der Waals surface area contributed by atoms with Gasteiger partial charge in [0.05, 0.1) is 24.3 Å². The van der Waals surface area contributed by atoms with Crippen LogP contribution in [0.3, 0.4) is 0 Å². The third-order valence-electron chi connectivity index (χ3n) is 7.67. The Kier molecular flexibility index (Phi) is 11.9. The quantitative estimate of drug-likeness (QED) is 0.161. The maximum atomic E-state index is 11.9. The van der Waals surface area contributed by atoms with Crippen LogP contribution in [0.2, 0.25) is 0 Å². The summed E-state index contributed by atoms with van der Waals surface area (Å²) >= 11 is 0. The molecule has 2 aromatic carbocycles. The van der Waals surface area contributed by atoms with Crippen LogP contribution in [0.4, 0.5) is 0 Å². The van der Waals surface area contributed by atoms with Gasteiger partial charge in [0.25, 0.3) is 0 Å². The zero-order chi connectivity index (χ0) is 33.2. The highest BCUT2D eigenvalue weighted by atomic mass is 16.5. The highest BCUT2D eigenvalue weighted by molar-refractivity contribution is 6.07. The van der Waals surface area contributed by atoms with Gasteiger partial charge in [0.15, 0.2) is 5.43 Å². The summed E-state index contributed by atoms with van der Waals surface area (Å²) in [5.74, 6) is -0.920. The highest BCUT2D eigenvalue weighted by Crippen LogP contribution is 2.41. The molecule has 0 bridgehead atoms. The molecule has 1 saturated heterocycles. The molecular weight excluding hydrogens is 592 g/mol. The van der Waals surface area contributed by atoms with Gasteiger partial charge in [0.2, 0.25) is 11.8 Å². The zero-order valence-corrected chi connectivity index (χ0v) is 26.2. The lowest BCUT2D eigenvalue weighted by Crippen LogP contribution is -2.42. The Hall–Kier alpha value is -4.74. The SMILES string of the molecule is COC[C@H]1O[C@@H](C)C[C@@H]1NC(=O)CCCCCNC(C)=O.O=C(O)c1ccccc1-c1c2ccc(=O)cc-2oc2cc([O-])ccc12. The molecule has 0 saturated carbocycles. The van der Waals surface area contributed by atoms with Crippen molar-refractivity contribution in [2.45, 2.75) is 64.2 Å². The second-order valence-corrected chi connectivity index (χ2v) is 11.3. The van der Waals surface area contributed by atoms with Gasteiger partial charge in [-0.1, -0.05) is 36.8 Å². The fourth-order valence-electron chi connectivity index (χ4n) is 5.59. The Bertz CT molecular complexity index is 1700. The summed E-state index contributed by atoms with van der Waals surface area (Å²) in [6, 6.07) is 15.3. The van der Waals surface area contributed by atoms with E-state index in [1.165, 1.54) is 37.3 Å². The smallest absolute Gasteiger partial charge is 0.336 e. The lowest BCUT2D eigenvalue weighted by molar-refractivity contribution is -0.268. The molecule has 0 spiro atoms. The van der Waals surface area contributed by atoms with Gasteiger partial charge in [-0.25, -0.2) is 4.79 Å². The molecule has 1 aliphatic carbocycles. The number of hydrogen-bond acceptors (Lipinski definition) is 8. The third kappa shape index (κ3) is 8.92. The van der Waals surface area contributed by atoms with Crippen molar-refractivity contribution in [3.63, 3.8) is 0 Å². The molecule has 2 amide bonds. The number of amides is 2. The van der Waals surface area contributed by atoms with E-state index in [9.17, 15) is 29.4 Å².